The van der Waals surface area contributed by atoms with Gasteiger partial charge in [0.1, 0.15) is 5.54 Å². The minimum Gasteiger partial charge on any atom is -0.324 e. The molecule has 0 radical (unpaired) electrons. The quantitative estimate of drug-likeness (QED) is 0.577. The number of benzene rings is 2. The largest absolute Gasteiger partial charge is 0.417 e. The molecule has 3 fully saturated rings. The molecule has 4 aliphatic heterocycles. The highest BCUT2D eigenvalue weighted by atomic mass is 35.5. The summed E-state index contributed by atoms with van der Waals surface area (Å²) in [5.74, 6) is -3.70. The van der Waals surface area contributed by atoms with Crippen molar-refractivity contribution in [1.82, 2.24) is 4.90 Å². The van der Waals surface area contributed by atoms with Gasteiger partial charge in [-0.3, -0.25) is 19.3 Å². The normalized spacial score (nSPS) is 30.2. The van der Waals surface area contributed by atoms with E-state index in [1.165, 1.54) is 6.07 Å². The van der Waals surface area contributed by atoms with Gasteiger partial charge < -0.3 is 5.32 Å². The third kappa shape index (κ3) is 2.60. The van der Waals surface area contributed by atoms with Crippen LogP contribution in [0.25, 0.3) is 0 Å². The van der Waals surface area contributed by atoms with Crippen LogP contribution >= 0.6 is 23.2 Å². The van der Waals surface area contributed by atoms with E-state index in [0.29, 0.717) is 35.3 Å². The number of alkyl halides is 3. The Morgan fingerprint density at radius 2 is 1.79 bits per heavy atom. The Morgan fingerprint density at radius 3 is 2.53 bits per heavy atom. The number of nitrogens with zero attached hydrogens (tertiary/aromatic N) is 2. The molecule has 11 heteroatoms. The lowest BCUT2D eigenvalue weighted by Gasteiger charge is -2.36. The lowest BCUT2D eigenvalue weighted by molar-refractivity contribution is -0.137. The molecule has 3 saturated heterocycles. The van der Waals surface area contributed by atoms with E-state index < -0.39 is 57.9 Å². The number of carbonyl (C=O) groups excluding carboxylic acids is 3. The van der Waals surface area contributed by atoms with Crippen LogP contribution < -0.4 is 10.2 Å². The van der Waals surface area contributed by atoms with Gasteiger partial charge in [-0.25, -0.2) is 4.90 Å². The lowest BCUT2D eigenvalue weighted by Crippen LogP contribution is -2.54. The van der Waals surface area contributed by atoms with Crippen LogP contribution in [-0.4, -0.2) is 35.2 Å². The molecule has 2 aromatic carbocycles. The van der Waals surface area contributed by atoms with Crippen molar-refractivity contribution in [1.29, 1.82) is 0 Å². The number of rotatable bonds is 1. The van der Waals surface area contributed by atoms with E-state index in [1.54, 1.807) is 18.2 Å². The molecule has 4 atom stereocenters. The van der Waals surface area contributed by atoms with E-state index in [2.05, 4.69) is 5.32 Å². The van der Waals surface area contributed by atoms with Crippen LogP contribution in [0.3, 0.4) is 0 Å². The summed E-state index contributed by atoms with van der Waals surface area (Å²) in [5, 5.41) is 2.66. The molecule has 4 aliphatic rings. The molecule has 3 amide bonds. The van der Waals surface area contributed by atoms with Crippen LogP contribution in [0.4, 0.5) is 24.5 Å². The van der Waals surface area contributed by atoms with E-state index in [4.69, 9.17) is 23.2 Å². The third-order valence-corrected chi connectivity index (χ3v) is 8.03. The van der Waals surface area contributed by atoms with Crippen molar-refractivity contribution in [2.24, 2.45) is 11.8 Å². The maximum Gasteiger partial charge on any atom is 0.417 e. The van der Waals surface area contributed by atoms with Crippen LogP contribution in [-0.2, 0) is 26.1 Å². The molecule has 0 aromatic heterocycles. The highest BCUT2D eigenvalue weighted by molar-refractivity contribution is 6.32. The molecule has 34 heavy (non-hydrogen) atoms. The van der Waals surface area contributed by atoms with Gasteiger partial charge in [0.15, 0.2) is 0 Å². The monoisotopic (exact) mass is 509 g/mol. The second kappa shape index (κ2) is 6.96. The van der Waals surface area contributed by atoms with E-state index >= 15 is 0 Å². The molecule has 0 aliphatic carbocycles. The van der Waals surface area contributed by atoms with Gasteiger partial charge in [-0.1, -0.05) is 23.2 Å². The first kappa shape index (κ1) is 21.9. The molecule has 6 nitrogen and oxygen atoms in total. The van der Waals surface area contributed by atoms with Gasteiger partial charge in [0.2, 0.25) is 17.7 Å². The predicted molar refractivity (Wildman–Crippen MR) is 117 cm³/mol. The van der Waals surface area contributed by atoms with Gasteiger partial charge in [0, 0.05) is 22.3 Å². The number of nitrogens with one attached hydrogen (secondary N) is 1. The Bertz CT molecular complexity index is 1300. The van der Waals surface area contributed by atoms with Crippen molar-refractivity contribution in [3.8, 4) is 0 Å². The number of carbonyl (C=O) groups is 3. The van der Waals surface area contributed by atoms with E-state index in [9.17, 15) is 27.6 Å². The molecular weight excluding hydrogens is 494 g/mol. The van der Waals surface area contributed by atoms with Gasteiger partial charge in [-0.2, -0.15) is 13.2 Å². The Labute approximate surface area is 201 Å². The van der Waals surface area contributed by atoms with Crippen LogP contribution in [0.15, 0.2) is 36.4 Å². The van der Waals surface area contributed by atoms with Gasteiger partial charge in [0.25, 0.3) is 0 Å². The zero-order valence-corrected chi connectivity index (χ0v) is 18.8. The highest BCUT2D eigenvalue weighted by Gasteiger charge is 2.74. The second-order valence-electron chi connectivity index (χ2n) is 8.99. The van der Waals surface area contributed by atoms with E-state index in [1.807, 2.05) is 4.90 Å². The average molecular weight is 510 g/mol. The maximum atomic E-state index is 13.8. The Morgan fingerprint density at radius 1 is 1.03 bits per heavy atom. The van der Waals surface area contributed by atoms with Crippen LogP contribution in [0.5, 0.6) is 0 Å². The Balaban J connectivity index is 1.53. The summed E-state index contributed by atoms with van der Waals surface area (Å²) in [4.78, 5) is 43.7. The van der Waals surface area contributed by atoms with Crippen molar-refractivity contribution in [3.05, 3.63) is 57.6 Å². The van der Waals surface area contributed by atoms with Crippen molar-refractivity contribution in [2.45, 2.75) is 30.6 Å². The first-order chi connectivity index (χ1) is 16.1. The minimum atomic E-state index is -4.76. The fourth-order valence-electron chi connectivity index (χ4n) is 6.30. The number of imide groups is 1. The zero-order chi connectivity index (χ0) is 24.2. The predicted octanol–water partition coefficient (Wildman–Crippen LogP) is 4.44. The molecule has 176 valence electrons. The van der Waals surface area contributed by atoms with Crippen molar-refractivity contribution in [3.63, 3.8) is 0 Å². The molecule has 6 rings (SSSR count). The lowest BCUT2D eigenvalue weighted by atomic mass is 9.75. The van der Waals surface area contributed by atoms with Gasteiger partial charge >= 0.3 is 6.18 Å². The van der Waals surface area contributed by atoms with Crippen molar-refractivity contribution in [2.75, 3.05) is 16.8 Å². The number of halogens is 5. The standard InChI is InChI=1S/C23H16Cl2F3N3O3/c24-10-3-6-15-13(8-10)22(21(34)29-15)18-17(16-2-1-7-30(16)22)19(32)31(20(18)33)11-4-5-14(25)12(9-11)23(26,27)28/h3-6,8-9,16-18H,1-2,7H2,(H,29,34). The van der Waals surface area contributed by atoms with Gasteiger partial charge in [0.05, 0.1) is 28.1 Å². The summed E-state index contributed by atoms with van der Waals surface area (Å²) in [6, 6.07) is 7.44. The Hall–Kier alpha value is -2.62. The van der Waals surface area contributed by atoms with E-state index in [-0.39, 0.29) is 5.69 Å². The second-order valence-corrected chi connectivity index (χ2v) is 9.83. The molecular formula is C23H16Cl2F3N3O3. The highest BCUT2D eigenvalue weighted by Crippen LogP contribution is 2.61. The van der Waals surface area contributed by atoms with Gasteiger partial charge in [-0.05, 0) is 55.8 Å². The van der Waals surface area contributed by atoms with E-state index in [0.717, 1.165) is 17.4 Å². The number of anilines is 2. The van der Waals surface area contributed by atoms with Crippen LogP contribution in [0, 0.1) is 11.8 Å². The van der Waals surface area contributed by atoms with Crippen molar-refractivity contribution >= 4 is 52.3 Å². The molecule has 0 saturated carbocycles. The van der Waals surface area contributed by atoms with Crippen molar-refractivity contribution < 1.29 is 27.6 Å². The first-order valence-electron chi connectivity index (χ1n) is 10.7. The number of hydrogen-bond donors (Lipinski definition) is 1. The number of hydrogen-bond acceptors (Lipinski definition) is 4. The first-order valence-corrected chi connectivity index (χ1v) is 11.4. The molecule has 1 spiro atoms. The fraction of sp³-hybridized carbons (Fsp3) is 0.348. The summed E-state index contributed by atoms with van der Waals surface area (Å²) in [6.07, 6.45) is -3.45. The van der Waals surface area contributed by atoms with Crippen LogP contribution in [0.1, 0.15) is 24.0 Å². The maximum absolute atomic E-state index is 13.8. The molecule has 4 unspecified atom stereocenters. The number of amides is 3. The molecule has 0 bridgehead atoms. The number of fused-ring (bicyclic) bond motifs is 7. The minimum absolute atomic E-state index is 0.217. The molecule has 2 aromatic rings. The average Bonchev–Trinajstić information content (AvgIpc) is 3.47. The molecule has 1 N–H and O–H groups in total. The molecule has 4 heterocycles. The van der Waals surface area contributed by atoms with Crippen LogP contribution in [0.2, 0.25) is 10.0 Å². The topological polar surface area (TPSA) is 69.7 Å². The summed E-state index contributed by atoms with van der Waals surface area (Å²) in [5.41, 5.74) is -1.79. The zero-order valence-electron chi connectivity index (χ0n) is 17.3. The Kier molecular flexibility index (Phi) is 4.48. The SMILES string of the molecule is O=C1C2C3CCCN3C3(C(=O)Nc4ccc(Cl)cc43)C2C(=O)N1c1ccc(Cl)c(C(F)(F)F)c1. The summed E-state index contributed by atoms with van der Waals surface area (Å²) >= 11 is 12.0. The summed E-state index contributed by atoms with van der Waals surface area (Å²) in [7, 11) is 0. The van der Waals surface area contributed by atoms with Gasteiger partial charge in [-0.15, -0.1) is 0 Å². The smallest absolute Gasteiger partial charge is 0.324 e. The summed E-state index contributed by atoms with van der Waals surface area (Å²) < 4.78 is 40.4. The third-order valence-electron chi connectivity index (χ3n) is 7.47. The summed E-state index contributed by atoms with van der Waals surface area (Å²) in [6.45, 7) is 0.511. The fourth-order valence-corrected chi connectivity index (χ4v) is 6.70.